The van der Waals surface area contributed by atoms with E-state index >= 15 is 0 Å². The van der Waals surface area contributed by atoms with Gasteiger partial charge in [-0.3, -0.25) is 0 Å². The van der Waals surface area contributed by atoms with Gasteiger partial charge in [0.15, 0.2) is 0 Å². The third kappa shape index (κ3) is 2.36. The van der Waals surface area contributed by atoms with Crippen LogP contribution in [0.3, 0.4) is 0 Å². The number of aromatic carboxylic acids is 1. The van der Waals surface area contributed by atoms with E-state index in [1.807, 2.05) is 27.7 Å². The lowest BCUT2D eigenvalue weighted by Gasteiger charge is -2.23. The summed E-state index contributed by atoms with van der Waals surface area (Å²) in [6, 6.07) is 3.33. The number of rotatable bonds is 2. The minimum atomic E-state index is -0.913. The summed E-state index contributed by atoms with van der Waals surface area (Å²) in [4.78, 5) is 10.9. The van der Waals surface area contributed by atoms with Crippen molar-refractivity contribution in [3.63, 3.8) is 0 Å². The van der Waals surface area contributed by atoms with E-state index in [-0.39, 0.29) is 0 Å². The van der Waals surface area contributed by atoms with Gasteiger partial charge in [0.25, 0.3) is 0 Å². The second kappa shape index (κ2) is 3.66. The molecular formula is C12H17NO2. The van der Waals surface area contributed by atoms with E-state index in [0.29, 0.717) is 5.56 Å². The van der Waals surface area contributed by atoms with Gasteiger partial charge in [-0.2, -0.15) is 0 Å². The zero-order valence-corrected chi connectivity index (χ0v) is 9.59. The van der Waals surface area contributed by atoms with Gasteiger partial charge in [0.05, 0.1) is 5.56 Å². The number of carboxylic acids is 1. The molecule has 0 spiro atoms. The highest BCUT2D eigenvalue weighted by Gasteiger charge is 2.19. The molecule has 0 radical (unpaired) electrons. The van der Waals surface area contributed by atoms with Crippen molar-refractivity contribution in [3.05, 3.63) is 34.4 Å². The molecule has 0 aliphatic carbocycles. The second-order valence-electron chi connectivity index (χ2n) is 4.49. The molecule has 0 heterocycles. The molecule has 1 aromatic carbocycles. The Morgan fingerprint density at radius 1 is 1.33 bits per heavy atom. The molecule has 0 unspecified atom stereocenters. The first kappa shape index (κ1) is 11.7. The Morgan fingerprint density at radius 3 is 2.27 bits per heavy atom. The lowest BCUT2D eigenvalue weighted by Crippen LogP contribution is -2.30. The fourth-order valence-corrected chi connectivity index (χ4v) is 1.65. The van der Waals surface area contributed by atoms with Crippen molar-refractivity contribution in [2.24, 2.45) is 5.73 Å². The SMILES string of the molecule is Cc1cc(C(=O)O)cc(C(C)(C)N)c1C. The molecule has 0 amide bonds. The Kier molecular flexibility index (Phi) is 2.86. The van der Waals surface area contributed by atoms with Crippen LogP contribution >= 0.6 is 0 Å². The predicted molar refractivity (Wildman–Crippen MR) is 60.1 cm³/mol. The molecule has 0 saturated carbocycles. The van der Waals surface area contributed by atoms with Crippen LogP contribution in [-0.2, 0) is 5.54 Å². The van der Waals surface area contributed by atoms with Crippen molar-refractivity contribution in [3.8, 4) is 0 Å². The summed E-state index contributed by atoms with van der Waals surface area (Å²) in [7, 11) is 0. The molecular weight excluding hydrogens is 190 g/mol. The summed E-state index contributed by atoms with van der Waals surface area (Å²) in [6.07, 6.45) is 0. The van der Waals surface area contributed by atoms with Crippen LogP contribution in [-0.4, -0.2) is 11.1 Å². The van der Waals surface area contributed by atoms with Crippen molar-refractivity contribution in [1.29, 1.82) is 0 Å². The summed E-state index contributed by atoms with van der Waals surface area (Å²) < 4.78 is 0. The number of benzene rings is 1. The average molecular weight is 207 g/mol. The minimum absolute atomic E-state index is 0.298. The summed E-state index contributed by atoms with van der Waals surface area (Å²) in [5, 5.41) is 8.95. The highest BCUT2D eigenvalue weighted by molar-refractivity contribution is 5.88. The maximum Gasteiger partial charge on any atom is 0.335 e. The molecule has 0 aliphatic rings. The molecule has 3 heteroatoms. The summed E-state index contributed by atoms with van der Waals surface area (Å²) in [6.45, 7) is 7.61. The fourth-order valence-electron chi connectivity index (χ4n) is 1.65. The summed E-state index contributed by atoms with van der Waals surface area (Å²) in [5.41, 5.74) is 8.70. The number of hydrogen-bond donors (Lipinski definition) is 2. The van der Waals surface area contributed by atoms with Gasteiger partial charge in [0.1, 0.15) is 0 Å². The van der Waals surface area contributed by atoms with E-state index in [1.54, 1.807) is 12.1 Å². The van der Waals surface area contributed by atoms with Crippen LogP contribution in [0.4, 0.5) is 0 Å². The van der Waals surface area contributed by atoms with Crippen LogP contribution in [0.5, 0.6) is 0 Å². The average Bonchev–Trinajstić information content (AvgIpc) is 2.06. The smallest absolute Gasteiger partial charge is 0.335 e. The molecule has 1 aromatic rings. The van der Waals surface area contributed by atoms with Gasteiger partial charge in [-0.1, -0.05) is 0 Å². The topological polar surface area (TPSA) is 63.3 Å². The van der Waals surface area contributed by atoms with Crippen molar-refractivity contribution < 1.29 is 9.90 Å². The summed E-state index contributed by atoms with van der Waals surface area (Å²) >= 11 is 0. The first-order valence-electron chi connectivity index (χ1n) is 4.87. The fraction of sp³-hybridized carbons (Fsp3) is 0.417. The summed E-state index contributed by atoms with van der Waals surface area (Å²) in [5.74, 6) is -0.913. The Hall–Kier alpha value is -1.35. The third-order valence-corrected chi connectivity index (χ3v) is 2.61. The van der Waals surface area contributed by atoms with Crippen molar-refractivity contribution >= 4 is 5.97 Å². The monoisotopic (exact) mass is 207 g/mol. The van der Waals surface area contributed by atoms with Crippen LogP contribution in [0.15, 0.2) is 12.1 Å². The van der Waals surface area contributed by atoms with E-state index in [0.717, 1.165) is 16.7 Å². The molecule has 0 aliphatic heterocycles. The molecule has 0 bridgehead atoms. The largest absolute Gasteiger partial charge is 0.478 e. The maximum absolute atomic E-state index is 10.9. The Balaban J connectivity index is 3.45. The number of hydrogen-bond acceptors (Lipinski definition) is 2. The molecule has 3 N–H and O–H groups in total. The molecule has 3 nitrogen and oxygen atoms in total. The van der Waals surface area contributed by atoms with Gasteiger partial charge in [0.2, 0.25) is 0 Å². The highest BCUT2D eigenvalue weighted by Crippen LogP contribution is 2.25. The predicted octanol–water partition coefficient (Wildman–Crippen LogP) is 2.20. The van der Waals surface area contributed by atoms with Gasteiger partial charge >= 0.3 is 5.97 Å². The van der Waals surface area contributed by atoms with Gasteiger partial charge in [0, 0.05) is 5.54 Å². The third-order valence-electron chi connectivity index (χ3n) is 2.61. The van der Waals surface area contributed by atoms with Gasteiger partial charge in [-0.15, -0.1) is 0 Å². The molecule has 82 valence electrons. The number of carboxylic acid groups (broad SMARTS) is 1. The molecule has 0 atom stereocenters. The van der Waals surface area contributed by atoms with Crippen LogP contribution in [0.2, 0.25) is 0 Å². The second-order valence-corrected chi connectivity index (χ2v) is 4.49. The first-order chi connectivity index (χ1) is 6.73. The van der Waals surface area contributed by atoms with Crippen molar-refractivity contribution in [2.75, 3.05) is 0 Å². The van der Waals surface area contributed by atoms with E-state index in [1.165, 1.54) is 0 Å². The van der Waals surface area contributed by atoms with Crippen molar-refractivity contribution in [1.82, 2.24) is 0 Å². The number of aryl methyl sites for hydroxylation is 1. The zero-order chi connectivity index (χ0) is 11.8. The van der Waals surface area contributed by atoms with Gasteiger partial charge < -0.3 is 10.8 Å². The van der Waals surface area contributed by atoms with E-state index in [9.17, 15) is 4.79 Å². The number of carbonyl (C=O) groups is 1. The van der Waals surface area contributed by atoms with Crippen LogP contribution in [0, 0.1) is 13.8 Å². The highest BCUT2D eigenvalue weighted by atomic mass is 16.4. The quantitative estimate of drug-likeness (QED) is 0.781. The van der Waals surface area contributed by atoms with Crippen LogP contribution in [0.1, 0.15) is 40.9 Å². The van der Waals surface area contributed by atoms with E-state index in [4.69, 9.17) is 10.8 Å². The zero-order valence-electron chi connectivity index (χ0n) is 9.59. The number of nitrogens with two attached hydrogens (primary N) is 1. The lowest BCUT2D eigenvalue weighted by atomic mass is 9.87. The first-order valence-corrected chi connectivity index (χ1v) is 4.87. The Labute approximate surface area is 89.9 Å². The Morgan fingerprint density at radius 2 is 1.87 bits per heavy atom. The van der Waals surface area contributed by atoms with Crippen molar-refractivity contribution in [2.45, 2.75) is 33.2 Å². The maximum atomic E-state index is 10.9. The molecule has 1 rings (SSSR count). The normalized spacial score (nSPS) is 11.5. The van der Waals surface area contributed by atoms with Crippen LogP contribution < -0.4 is 5.73 Å². The molecule has 15 heavy (non-hydrogen) atoms. The molecule has 0 saturated heterocycles. The molecule has 0 aromatic heterocycles. The van der Waals surface area contributed by atoms with E-state index < -0.39 is 11.5 Å². The van der Waals surface area contributed by atoms with E-state index in [2.05, 4.69) is 0 Å². The molecule has 0 fully saturated rings. The lowest BCUT2D eigenvalue weighted by molar-refractivity contribution is 0.0696. The minimum Gasteiger partial charge on any atom is -0.478 e. The van der Waals surface area contributed by atoms with Gasteiger partial charge in [-0.05, 0) is 56.5 Å². The standard InChI is InChI=1S/C12H17NO2/c1-7-5-9(11(14)15)6-10(8(7)2)12(3,4)13/h5-6H,13H2,1-4H3,(H,14,15). The van der Waals surface area contributed by atoms with Gasteiger partial charge in [-0.25, -0.2) is 4.79 Å². The Bertz CT molecular complexity index is 403. The van der Waals surface area contributed by atoms with Crippen LogP contribution in [0.25, 0.3) is 0 Å².